The zero-order valence-electron chi connectivity index (χ0n) is 11.4. The third-order valence-electron chi connectivity index (χ3n) is 2.99. The Hall–Kier alpha value is -2.49. The maximum Gasteiger partial charge on any atom is 0.267 e. The molecule has 0 aliphatic heterocycles. The Morgan fingerprint density at radius 1 is 1.25 bits per heavy atom. The molecule has 1 amide bonds. The summed E-state index contributed by atoms with van der Waals surface area (Å²) < 4.78 is 5.11. The van der Waals surface area contributed by atoms with E-state index in [4.69, 9.17) is 10.2 Å². The molecule has 1 aromatic heterocycles. The second kappa shape index (κ2) is 6.61. The van der Waals surface area contributed by atoms with Gasteiger partial charge in [0.05, 0.1) is 6.26 Å². The minimum absolute atomic E-state index is 0.130. The Labute approximate surface area is 118 Å². The number of hydrogen-bond acceptors (Lipinski definition) is 3. The summed E-state index contributed by atoms with van der Waals surface area (Å²) in [4.78, 5) is 11.8. The van der Waals surface area contributed by atoms with Gasteiger partial charge in [-0.3, -0.25) is 4.79 Å². The molecule has 104 valence electrons. The van der Waals surface area contributed by atoms with Crippen LogP contribution in [0.25, 0.3) is 6.08 Å². The second-order valence-corrected chi connectivity index (χ2v) is 4.47. The fraction of sp³-hybridized carbons (Fsp3) is 0.188. The summed E-state index contributed by atoms with van der Waals surface area (Å²) >= 11 is 0. The molecule has 0 saturated heterocycles. The fourth-order valence-electron chi connectivity index (χ4n) is 1.77. The summed E-state index contributed by atoms with van der Waals surface area (Å²) in [5.41, 5.74) is 8.16. The van der Waals surface area contributed by atoms with E-state index >= 15 is 0 Å². The van der Waals surface area contributed by atoms with Gasteiger partial charge in [-0.15, -0.1) is 0 Å². The van der Waals surface area contributed by atoms with E-state index in [2.05, 4.69) is 24.4 Å². The van der Waals surface area contributed by atoms with Crippen molar-refractivity contribution in [3.8, 4) is 0 Å². The Balaban J connectivity index is 1.91. The lowest BCUT2D eigenvalue weighted by Crippen LogP contribution is -2.27. The molecule has 0 aliphatic carbocycles. The van der Waals surface area contributed by atoms with E-state index in [1.165, 1.54) is 17.9 Å². The van der Waals surface area contributed by atoms with Gasteiger partial charge in [-0.1, -0.05) is 31.2 Å². The Kier molecular flexibility index (Phi) is 4.60. The monoisotopic (exact) mass is 270 g/mol. The van der Waals surface area contributed by atoms with Crippen LogP contribution in [0.1, 0.15) is 23.8 Å². The number of nitrogens with one attached hydrogen (secondary N) is 1. The first-order chi connectivity index (χ1) is 9.69. The van der Waals surface area contributed by atoms with Crippen LogP contribution < -0.4 is 11.1 Å². The van der Waals surface area contributed by atoms with Crippen LogP contribution in [-0.4, -0.2) is 5.91 Å². The molecule has 2 rings (SSSR count). The first-order valence-electron chi connectivity index (χ1n) is 6.55. The first-order valence-corrected chi connectivity index (χ1v) is 6.55. The molecule has 3 N–H and O–H groups in total. The van der Waals surface area contributed by atoms with Crippen LogP contribution in [0.4, 0.5) is 0 Å². The van der Waals surface area contributed by atoms with Crippen molar-refractivity contribution in [3.05, 3.63) is 65.2 Å². The molecule has 0 spiro atoms. The lowest BCUT2D eigenvalue weighted by atomic mass is 10.1. The molecule has 0 fully saturated rings. The van der Waals surface area contributed by atoms with E-state index < -0.39 is 0 Å². The molecular formula is C16H18N2O2. The van der Waals surface area contributed by atoms with Crippen LogP contribution in [0.15, 0.2) is 52.8 Å². The Morgan fingerprint density at radius 2 is 1.95 bits per heavy atom. The molecule has 4 heteroatoms. The highest BCUT2D eigenvalue weighted by molar-refractivity contribution is 5.96. The zero-order valence-corrected chi connectivity index (χ0v) is 11.4. The van der Waals surface area contributed by atoms with Crippen molar-refractivity contribution in [2.24, 2.45) is 5.73 Å². The molecule has 4 nitrogen and oxygen atoms in total. The number of carbonyl (C=O) groups is 1. The number of aryl methyl sites for hydroxylation is 1. The Bertz CT molecular complexity index is 583. The van der Waals surface area contributed by atoms with Crippen molar-refractivity contribution in [2.75, 3.05) is 0 Å². The molecule has 0 unspecified atom stereocenters. The zero-order chi connectivity index (χ0) is 14.4. The summed E-state index contributed by atoms with van der Waals surface area (Å²) in [5.74, 6) is 0.255. The minimum Gasteiger partial charge on any atom is -0.465 e. The predicted octanol–water partition coefficient (Wildman–Crippen LogP) is 2.46. The fourth-order valence-corrected chi connectivity index (χ4v) is 1.77. The second-order valence-electron chi connectivity index (χ2n) is 4.47. The maximum atomic E-state index is 11.8. The molecule has 0 radical (unpaired) electrons. The van der Waals surface area contributed by atoms with E-state index in [-0.39, 0.29) is 11.6 Å². The van der Waals surface area contributed by atoms with Gasteiger partial charge in [-0.25, -0.2) is 0 Å². The van der Waals surface area contributed by atoms with Crippen molar-refractivity contribution in [1.82, 2.24) is 5.32 Å². The van der Waals surface area contributed by atoms with Crippen molar-refractivity contribution in [2.45, 2.75) is 19.9 Å². The van der Waals surface area contributed by atoms with E-state index in [9.17, 15) is 4.79 Å². The molecule has 0 aliphatic rings. The molecule has 2 aromatic rings. The number of hydrogen-bond donors (Lipinski definition) is 2. The van der Waals surface area contributed by atoms with Crippen molar-refractivity contribution in [3.63, 3.8) is 0 Å². The van der Waals surface area contributed by atoms with E-state index in [1.807, 2.05) is 12.1 Å². The average molecular weight is 270 g/mol. The third-order valence-corrected chi connectivity index (χ3v) is 2.99. The summed E-state index contributed by atoms with van der Waals surface area (Å²) in [6.07, 6.45) is 4.05. The summed E-state index contributed by atoms with van der Waals surface area (Å²) in [5, 5.41) is 2.77. The van der Waals surface area contributed by atoms with Gasteiger partial charge in [0.2, 0.25) is 0 Å². The number of carbonyl (C=O) groups excluding carboxylic acids is 1. The van der Waals surface area contributed by atoms with Gasteiger partial charge in [-0.2, -0.15) is 0 Å². The summed E-state index contributed by atoms with van der Waals surface area (Å²) in [6, 6.07) is 11.6. The molecular weight excluding hydrogens is 252 g/mol. The van der Waals surface area contributed by atoms with Gasteiger partial charge in [-0.05, 0) is 29.7 Å². The number of amides is 1. The van der Waals surface area contributed by atoms with E-state index in [0.29, 0.717) is 12.3 Å². The van der Waals surface area contributed by atoms with Gasteiger partial charge in [0.1, 0.15) is 11.5 Å². The summed E-state index contributed by atoms with van der Waals surface area (Å²) in [7, 11) is 0. The van der Waals surface area contributed by atoms with E-state index in [1.54, 1.807) is 12.1 Å². The Morgan fingerprint density at radius 3 is 2.55 bits per heavy atom. The average Bonchev–Trinajstić information content (AvgIpc) is 2.98. The van der Waals surface area contributed by atoms with Crippen LogP contribution in [0.3, 0.4) is 0 Å². The van der Waals surface area contributed by atoms with Gasteiger partial charge in [0.25, 0.3) is 5.91 Å². The number of nitrogens with two attached hydrogens (primary N) is 1. The standard InChI is InChI=1S/C16H18N2O2/c1-2-12-5-7-13(8-6-12)11-18-16(19)15(17)10-14-4-3-9-20-14/h3-10H,2,11,17H2,1H3,(H,18,19)/b15-10-. The number of benzene rings is 1. The van der Waals surface area contributed by atoms with Crippen LogP contribution >= 0.6 is 0 Å². The third kappa shape index (κ3) is 3.75. The van der Waals surface area contributed by atoms with Crippen LogP contribution in [0.5, 0.6) is 0 Å². The van der Waals surface area contributed by atoms with Crippen LogP contribution in [-0.2, 0) is 17.8 Å². The topological polar surface area (TPSA) is 68.3 Å². The molecule has 20 heavy (non-hydrogen) atoms. The number of furan rings is 1. The van der Waals surface area contributed by atoms with Gasteiger partial charge >= 0.3 is 0 Å². The molecule has 1 aromatic carbocycles. The molecule has 0 atom stereocenters. The minimum atomic E-state index is -0.305. The quantitative estimate of drug-likeness (QED) is 0.820. The highest BCUT2D eigenvalue weighted by Crippen LogP contribution is 2.06. The smallest absolute Gasteiger partial charge is 0.267 e. The lowest BCUT2D eigenvalue weighted by Gasteiger charge is -2.06. The van der Waals surface area contributed by atoms with Crippen molar-refractivity contribution >= 4 is 12.0 Å². The van der Waals surface area contributed by atoms with Gasteiger partial charge in [0, 0.05) is 12.6 Å². The normalized spacial score (nSPS) is 11.3. The van der Waals surface area contributed by atoms with Crippen molar-refractivity contribution in [1.29, 1.82) is 0 Å². The first kappa shape index (κ1) is 13.9. The molecule has 0 bridgehead atoms. The van der Waals surface area contributed by atoms with Crippen molar-refractivity contribution < 1.29 is 9.21 Å². The predicted molar refractivity (Wildman–Crippen MR) is 78.5 cm³/mol. The van der Waals surface area contributed by atoms with Gasteiger partial charge in [0.15, 0.2) is 0 Å². The SMILES string of the molecule is CCc1ccc(CNC(=O)/C(N)=C/c2ccco2)cc1. The highest BCUT2D eigenvalue weighted by Gasteiger charge is 2.05. The molecule has 0 saturated carbocycles. The lowest BCUT2D eigenvalue weighted by molar-refractivity contribution is -0.117. The largest absolute Gasteiger partial charge is 0.465 e. The molecule has 1 heterocycles. The van der Waals surface area contributed by atoms with Crippen LogP contribution in [0.2, 0.25) is 0 Å². The van der Waals surface area contributed by atoms with E-state index in [0.717, 1.165) is 12.0 Å². The number of rotatable bonds is 5. The summed E-state index contributed by atoms with van der Waals surface area (Å²) in [6.45, 7) is 2.56. The van der Waals surface area contributed by atoms with Gasteiger partial charge < -0.3 is 15.5 Å². The highest BCUT2D eigenvalue weighted by atomic mass is 16.3. The maximum absolute atomic E-state index is 11.8. The van der Waals surface area contributed by atoms with Crippen LogP contribution in [0, 0.1) is 0 Å².